The van der Waals surface area contributed by atoms with Crippen LogP contribution >= 0.6 is 0 Å². The van der Waals surface area contributed by atoms with Crippen LogP contribution in [0.15, 0.2) is 0 Å². The van der Waals surface area contributed by atoms with Gasteiger partial charge in [0.1, 0.15) is 0 Å². The van der Waals surface area contributed by atoms with E-state index in [1.54, 1.807) is 0 Å². The molecule has 0 bridgehead atoms. The first-order valence-corrected chi connectivity index (χ1v) is 7.11. The first-order valence-electron chi connectivity index (χ1n) is 7.11. The van der Waals surface area contributed by atoms with Crippen molar-refractivity contribution in [2.45, 2.75) is 46.6 Å². The molecular weight excluding hydrogens is 228 g/mol. The molecule has 0 fully saturated rings. The van der Waals surface area contributed by atoms with Gasteiger partial charge in [-0.05, 0) is 32.2 Å². The zero-order chi connectivity index (χ0) is 14.0. The molecule has 0 rings (SSSR count). The zero-order valence-electron chi connectivity index (χ0n) is 12.6. The van der Waals surface area contributed by atoms with Crippen LogP contribution in [0.4, 0.5) is 0 Å². The summed E-state index contributed by atoms with van der Waals surface area (Å²) in [6.07, 6.45) is 2.32. The number of ether oxygens (including phenoxy) is 1. The fourth-order valence-corrected chi connectivity index (χ4v) is 2.21. The number of nitrogens with two attached hydrogens (primary N) is 1. The van der Waals surface area contributed by atoms with Crippen LogP contribution in [0.1, 0.15) is 40.5 Å². The Morgan fingerprint density at radius 1 is 1.33 bits per heavy atom. The summed E-state index contributed by atoms with van der Waals surface area (Å²) in [5.74, 6) is 0. The van der Waals surface area contributed by atoms with Crippen molar-refractivity contribution in [3.63, 3.8) is 0 Å². The van der Waals surface area contributed by atoms with Crippen LogP contribution in [0.2, 0.25) is 0 Å². The molecule has 0 heterocycles. The second-order valence-electron chi connectivity index (χ2n) is 5.66. The van der Waals surface area contributed by atoms with Gasteiger partial charge in [0.15, 0.2) is 0 Å². The monoisotopic (exact) mass is 260 g/mol. The van der Waals surface area contributed by atoms with Crippen LogP contribution in [-0.2, 0) is 4.74 Å². The summed E-state index contributed by atoms with van der Waals surface area (Å²) in [4.78, 5) is 2.42. The van der Waals surface area contributed by atoms with Gasteiger partial charge in [-0.25, -0.2) is 0 Å². The molecular formula is C14H32N2O2. The molecule has 3 N–H and O–H groups in total. The number of hydrogen-bond acceptors (Lipinski definition) is 4. The number of rotatable bonds is 11. The molecule has 0 aromatic carbocycles. The predicted molar refractivity (Wildman–Crippen MR) is 76.7 cm³/mol. The van der Waals surface area contributed by atoms with Crippen molar-refractivity contribution in [3.05, 3.63) is 0 Å². The Labute approximate surface area is 112 Å². The van der Waals surface area contributed by atoms with E-state index in [2.05, 4.69) is 32.6 Å². The Kier molecular flexibility index (Phi) is 9.64. The van der Waals surface area contributed by atoms with Crippen molar-refractivity contribution >= 4 is 0 Å². The lowest BCUT2D eigenvalue weighted by atomic mass is 9.85. The highest BCUT2D eigenvalue weighted by Gasteiger charge is 2.25. The summed E-state index contributed by atoms with van der Waals surface area (Å²) in [5, 5.41) is 8.68. The van der Waals surface area contributed by atoms with Gasteiger partial charge in [-0.15, -0.1) is 0 Å². The maximum Gasteiger partial charge on any atom is 0.0698 e. The van der Waals surface area contributed by atoms with Gasteiger partial charge in [-0.3, -0.25) is 4.90 Å². The van der Waals surface area contributed by atoms with E-state index >= 15 is 0 Å². The third kappa shape index (κ3) is 7.31. The fourth-order valence-electron chi connectivity index (χ4n) is 2.21. The molecule has 0 saturated carbocycles. The van der Waals surface area contributed by atoms with Gasteiger partial charge in [-0.1, -0.05) is 20.3 Å². The number of hydrogen-bond donors (Lipinski definition) is 2. The molecule has 1 unspecified atom stereocenters. The van der Waals surface area contributed by atoms with Crippen LogP contribution in [0.25, 0.3) is 0 Å². The van der Waals surface area contributed by atoms with Gasteiger partial charge in [0.2, 0.25) is 0 Å². The third-order valence-corrected chi connectivity index (χ3v) is 3.42. The quantitative estimate of drug-likeness (QED) is 0.552. The summed E-state index contributed by atoms with van der Waals surface area (Å²) in [6, 6.07) is 0.491. The van der Waals surface area contributed by atoms with Gasteiger partial charge in [0.25, 0.3) is 0 Å². The highest BCUT2D eigenvalue weighted by Crippen LogP contribution is 2.24. The largest absolute Gasteiger partial charge is 0.394 e. The van der Waals surface area contributed by atoms with E-state index in [1.807, 2.05) is 0 Å². The highest BCUT2D eigenvalue weighted by molar-refractivity contribution is 4.80. The molecule has 0 aliphatic carbocycles. The summed E-state index contributed by atoms with van der Waals surface area (Å²) in [5.41, 5.74) is 6.12. The molecule has 0 aromatic rings. The maximum absolute atomic E-state index is 8.68. The summed E-state index contributed by atoms with van der Waals surface area (Å²) >= 11 is 0. The normalized spacial score (nSPS) is 15.3. The Morgan fingerprint density at radius 3 is 2.44 bits per heavy atom. The number of aliphatic hydroxyl groups is 1. The lowest BCUT2D eigenvalue weighted by Gasteiger charge is -2.37. The minimum absolute atomic E-state index is 0.0953. The smallest absolute Gasteiger partial charge is 0.0698 e. The van der Waals surface area contributed by atoms with Gasteiger partial charge in [0.05, 0.1) is 19.8 Å². The molecule has 0 radical (unpaired) electrons. The first-order chi connectivity index (χ1) is 8.49. The van der Waals surface area contributed by atoms with Crippen LogP contribution < -0.4 is 5.73 Å². The van der Waals surface area contributed by atoms with Gasteiger partial charge in [-0.2, -0.15) is 0 Å². The zero-order valence-corrected chi connectivity index (χ0v) is 12.6. The first kappa shape index (κ1) is 17.8. The van der Waals surface area contributed by atoms with E-state index < -0.39 is 0 Å². The second kappa shape index (κ2) is 9.73. The van der Waals surface area contributed by atoms with E-state index in [9.17, 15) is 0 Å². The average Bonchev–Trinajstić information content (AvgIpc) is 2.33. The van der Waals surface area contributed by atoms with Crippen LogP contribution in [0.5, 0.6) is 0 Å². The lowest BCUT2D eigenvalue weighted by Crippen LogP contribution is -2.45. The Morgan fingerprint density at radius 2 is 2.00 bits per heavy atom. The molecule has 4 heteroatoms. The summed E-state index contributed by atoms with van der Waals surface area (Å²) in [7, 11) is 0. The van der Waals surface area contributed by atoms with Crippen molar-refractivity contribution in [1.29, 1.82) is 0 Å². The molecule has 0 spiro atoms. The van der Waals surface area contributed by atoms with Crippen molar-refractivity contribution in [2.75, 3.05) is 39.5 Å². The van der Waals surface area contributed by atoms with Gasteiger partial charge in [0, 0.05) is 19.1 Å². The molecule has 1 atom stereocenters. The van der Waals surface area contributed by atoms with Crippen molar-refractivity contribution in [1.82, 2.24) is 4.90 Å². The topological polar surface area (TPSA) is 58.7 Å². The van der Waals surface area contributed by atoms with Gasteiger partial charge < -0.3 is 15.6 Å². The Bertz CT molecular complexity index is 200. The molecule has 0 aliphatic heterocycles. The maximum atomic E-state index is 8.68. The fraction of sp³-hybridized carbons (Fsp3) is 1.00. The molecule has 0 saturated heterocycles. The summed E-state index contributed by atoms with van der Waals surface area (Å²) < 4.78 is 5.35. The SMILES string of the molecule is CCCC(C)(CN)CN(CCOCCO)C(C)C. The lowest BCUT2D eigenvalue weighted by molar-refractivity contribution is 0.0515. The standard InChI is InChI=1S/C14H32N2O2/c1-5-6-14(4,11-15)12-16(13(2)3)7-9-18-10-8-17/h13,17H,5-12,15H2,1-4H3. The van der Waals surface area contributed by atoms with Crippen molar-refractivity contribution < 1.29 is 9.84 Å². The second-order valence-corrected chi connectivity index (χ2v) is 5.66. The van der Waals surface area contributed by atoms with E-state index in [-0.39, 0.29) is 12.0 Å². The molecule has 0 aromatic heterocycles. The Balaban J connectivity index is 4.23. The summed E-state index contributed by atoms with van der Waals surface area (Å²) in [6.45, 7) is 12.7. The highest BCUT2D eigenvalue weighted by atomic mass is 16.5. The van der Waals surface area contributed by atoms with Crippen LogP contribution in [0.3, 0.4) is 0 Å². The molecule has 4 nitrogen and oxygen atoms in total. The predicted octanol–water partition coefficient (Wildman–Crippen LogP) is 1.47. The average molecular weight is 260 g/mol. The van der Waals surface area contributed by atoms with E-state index in [4.69, 9.17) is 15.6 Å². The molecule has 0 aliphatic rings. The minimum atomic E-state index is 0.0953. The van der Waals surface area contributed by atoms with E-state index in [1.165, 1.54) is 6.42 Å². The third-order valence-electron chi connectivity index (χ3n) is 3.42. The van der Waals surface area contributed by atoms with Crippen molar-refractivity contribution in [3.8, 4) is 0 Å². The number of nitrogens with zero attached hydrogens (tertiary/aromatic N) is 1. The minimum Gasteiger partial charge on any atom is -0.394 e. The van der Waals surface area contributed by atoms with Crippen molar-refractivity contribution in [2.24, 2.45) is 11.1 Å². The van der Waals surface area contributed by atoms with Gasteiger partial charge >= 0.3 is 0 Å². The van der Waals surface area contributed by atoms with Crippen LogP contribution in [0, 0.1) is 5.41 Å². The molecule has 110 valence electrons. The van der Waals surface area contributed by atoms with Crippen LogP contribution in [-0.4, -0.2) is 55.5 Å². The molecule has 0 amide bonds. The Hall–Kier alpha value is -0.160. The van der Waals surface area contributed by atoms with E-state index in [0.29, 0.717) is 19.3 Å². The van der Waals surface area contributed by atoms with E-state index in [0.717, 1.165) is 26.1 Å². The molecule has 18 heavy (non-hydrogen) atoms. The number of aliphatic hydroxyl groups excluding tert-OH is 1.